The lowest BCUT2D eigenvalue weighted by Crippen LogP contribution is -2.40. The lowest BCUT2D eigenvalue weighted by molar-refractivity contribution is -0.142. The van der Waals surface area contributed by atoms with Gasteiger partial charge in [-0.3, -0.25) is 4.79 Å². The number of esters is 1. The van der Waals surface area contributed by atoms with Crippen LogP contribution in [0.3, 0.4) is 0 Å². The molecule has 1 aliphatic heterocycles. The van der Waals surface area contributed by atoms with Crippen molar-refractivity contribution in [3.05, 3.63) is 59.7 Å². The molecule has 0 aliphatic carbocycles. The summed E-state index contributed by atoms with van der Waals surface area (Å²) in [5.41, 5.74) is 0.806. The van der Waals surface area contributed by atoms with Gasteiger partial charge in [-0.15, -0.1) is 0 Å². The molecule has 1 atom stereocenters. The molecule has 148 valence electrons. The fourth-order valence-corrected chi connectivity index (χ4v) is 3.39. The molecule has 1 amide bonds. The van der Waals surface area contributed by atoms with E-state index >= 15 is 0 Å². The van der Waals surface area contributed by atoms with Gasteiger partial charge in [0.05, 0.1) is 14.2 Å². The zero-order chi connectivity index (χ0) is 19.9. The summed E-state index contributed by atoms with van der Waals surface area (Å²) in [6, 6.07) is 14.1. The van der Waals surface area contributed by atoms with Gasteiger partial charge in [-0.05, 0) is 31.4 Å². The Bertz CT molecular complexity index is 793. The molecule has 1 heterocycles. The van der Waals surface area contributed by atoms with Crippen LogP contribution in [-0.2, 0) is 9.53 Å². The van der Waals surface area contributed by atoms with Crippen LogP contribution < -0.4 is 9.47 Å². The lowest BCUT2D eigenvalue weighted by Gasteiger charge is -2.30. The molecular weight excluding hydrogens is 358 g/mol. The Labute approximate surface area is 165 Å². The number of methoxy groups -OCH3 is 2. The van der Waals surface area contributed by atoms with Crippen LogP contribution in [0.5, 0.6) is 11.5 Å². The third kappa shape index (κ3) is 4.27. The number of likely N-dealkylation sites (tertiary alicyclic amines) is 1. The molecule has 0 N–H and O–H groups in total. The summed E-state index contributed by atoms with van der Waals surface area (Å²) in [5, 5.41) is 0. The van der Waals surface area contributed by atoms with Gasteiger partial charge in [0.25, 0.3) is 5.91 Å². The Balaban J connectivity index is 1.92. The fraction of sp³-hybridized carbons (Fsp3) is 0.364. The minimum atomic E-state index is -1.01. The molecule has 0 unspecified atom stereocenters. The van der Waals surface area contributed by atoms with Crippen molar-refractivity contribution in [2.24, 2.45) is 0 Å². The lowest BCUT2D eigenvalue weighted by atomic mass is 10.1. The van der Waals surface area contributed by atoms with Crippen LogP contribution in [0.1, 0.15) is 41.3 Å². The highest BCUT2D eigenvalue weighted by atomic mass is 16.6. The van der Waals surface area contributed by atoms with Gasteiger partial charge in [-0.1, -0.05) is 36.4 Å². The Morgan fingerprint density at radius 3 is 2.04 bits per heavy atom. The van der Waals surface area contributed by atoms with E-state index in [2.05, 4.69) is 0 Å². The monoisotopic (exact) mass is 383 g/mol. The van der Waals surface area contributed by atoms with Gasteiger partial charge < -0.3 is 19.1 Å². The van der Waals surface area contributed by atoms with E-state index in [0.29, 0.717) is 30.2 Å². The number of hydrogen-bond acceptors (Lipinski definition) is 5. The summed E-state index contributed by atoms with van der Waals surface area (Å²) in [5.74, 6) is -0.190. The first-order chi connectivity index (χ1) is 13.7. The van der Waals surface area contributed by atoms with Crippen molar-refractivity contribution in [2.45, 2.75) is 25.4 Å². The maximum Gasteiger partial charge on any atom is 0.346 e. The van der Waals surface area contributed by atoms with E-state index in [1.54, 1.807) is 35.2 Å². The molecule has 3 rings (SSSR count). The largest absolute Gasteiger partial charge is 0.496 e. The van der Waals surface area contributed by atoms with E-state index in [0.717, 1.165) is 19.3 Å². The SMILES string of the molecule is COc1cccc(OC)c1C(=O)O[C@H](C(=O)N1CCCCC1)c1ccccc1. The van der Waals surface area contributed by atoms with Gasteiger partial charge >= 0.3 is 5.97 Å². The molecular formula is C22H25NO5. The van der Waals surface area contributed by atoms with Gasteiger partial charge in [0.15, 0.2) is 0 Å². The van der Waals surface area contributed by atoms with Crippen molar-refractivity contribution in [2.75, 3.05) is 27.3 Å². The Morgan fingerprint density at radius 2 is 1.46 bits per heavy atom. The van der Waals surface area contributed by atoms with Crippen molar-refractivity contribution in [3.63, 3.8) is 0 Å². The van der Waals surface area contributed by atoms with E-state index < -0.39 is 12.1 Å². The molecule has 6 heteroatoms. The van der Waals surface area contributed by atoms with Gasteiger partial charge in [0.1, 0.15) is 17.1 Å². The van der Waals surface area contributed by atoms with Crippen LogP contribution in [0.25, 0.3) is 0 Å². The zero-order valence-corrected chi connectivity index (χ0v) is 16.2. The highest BCUT2D eigenvalue weighted by Gasteiger charge is 2.32. The third-order valence-corrected chi connectivity index (χ3v) is 4.85. The summed E-state index contributed by atoms with van der Waals surface area (Å²) >= 11 is 0. The van der Waals surface area contributed by atoms with Crippen LogP contribution in [0.2, 0.25) is 0 Å². The maximum absolute atomic E-state index is 13.2. The van der Waals surface area contributed by atoms with Crippen molar-refractivity contribution < 1.29 is 23.8 Å². The average Bonchev–Trinajstić information content (AvgIpc) is 2.77. The number of piperidine rings is 1. The first kappa shape index (κ1) is 19.7. The topological polar surface area (TPSA) is 65.1 Å². The van der Waals surface area contributed by atoms with Crippen LogP contribution in [0.15, 0.2) is 48.5 Å². The number of carbonyl (C=O) groups is 2. The number of rotatable bonds is 6. The van der Waals surface area contributed by atoms with E-state index in [1.165, 1.54) is 14.2 Å². The average molecular weight is 383 g/mol. The van der Waals surface area contributed by atoms with E-state index in [4.69, 9.17) is 14.2 Å². The predicted octanol–water partition coefficient (Wildman–Crippen LogP) is 3.61. The first-order valence-electron chi connectivity index (χ1n) is 9.41. The molecule has 6 nitrogen and oxygen atoms in total. The van der Waals surface area contributed by atoms with E-state index in [9.17, 15) is 9.59 Å². The number of carbonyl (C=O) groups excluding carboxylic acids is 2. The molecule has 0 spiro atoms. The second-order valence-corrected chi connectivity index (χ2v) is 6.62. The summed E-state index contributed by atoms with van der Waals surface area (Å²) in [6.45, 7) is 1.36. The van der Waals surface area contributed by atoms with Gasteiger partial charge in [0, 0.05) is 18.7 Å². The second-order valence-electron chi connectivity index (χ2n) is 6.62. The molecule has 0 radical (unpaired) electrons. The van der Waals surface area contributed by atoms with Gasteiger partial charge in [0.2, 0.25) is 6.10 Å². The van der Waals surface area contributed by atoms with E-state index in [-0.39, 0.29) is 11.5 Å². The summed E-state index contributed by atoms with van der Waals surface area (Å²) in [6.07, 6.45) is 2.02. The van der Waals surface area contributed by atoms with Crippen molar-refractivity contribution in [3.8, 4) is 11.5 Å². The summed E-state index contributed by atoms with van der Waals surface area (Å²) in [7, 11) is 2.94. The van der Waals surface area contributed by atoms with Crippen LogP contribution in [0, 0.1) is 0 Å². The molecule has 0 bridgehead atoms. The highest BCUT2D eigenvalue weighted by molar-refractivity contribution is 5.97. The molecule has 0 aromatic heterocycles. The third-order valence-electron chi connectivity index (χ3n) is 4.85. The van der Waals surface area contributed by atoms with Crippen LogP contribution in [-0.4, -0.2) is 44.1 Å². The Hall–Kier alpha value is -3.02. The second kappa shape index (κ2) is 9.26. The number of amides is 1. The molecule has 28 heavy (non-hydrogen) atoms. The van der Waals surface area contributed by atoms with Crippen molar-refractivity contribution in [1.29, 1.82) is 0 Å². The number of benzene rings is 2. The van der Waals surface area contributed by atoms with Gasteiger partial charge in [-0.2, -0.15) is 0 Å². The molecule has 0 saturated carbocycles. The highest BCUT2D eigenvalue weighted by Crippen LogP contribution is 2.31. The number of nitrogens with zero attached hydrogens (tertiary/aromatic N) is 1. The van der Waals surface area contributed by atoms with Crippen LogP contribution in [0.4, 0.5) is 0 Å². The Morgan fingerprint density at radius 1 is 0.857 bits per heavy atom. The van der Waals surface area contributed by atoms with Gasteiger partial charge in [-0.25, -0.2) is 4.79 Å². The Kier molecular flexibility index (Phi) is 6.53. The maximum atomic E-state index is 13.2. The number of ether oxygens (including phenoxy) is 3. The minimum Gasteiger partial charge on any atom is -0.496 e. The molecule has 2 aromatic carbocycles. The first-order valence-corrected chi connectivity index (χ1v) is 9.41. The number of hydrogen-bond donors (Lipinski definition) is 0. The summed E-state index contributed by atoms with van der Waals surface area (Å²) < 4.78 is 16.3. The smallest absolute Gasteiger partial charge is 0.346 e. The van der Waals surface area contributed by atoms with Crippen molar-refractivity contribution in [1.82, 2.24) is 4.90 Å². The van der Waals surface area contributed by atoms with E-state index in [1.807, 2.05) is 18.2 Å². The minimum absolute atomic E-state index is 0.167. The van der Waals surface area contributed by atoms with Crippen LogP contribution >= 0.6 is 0 Å². The summed E-state index contributed by atoms with van der Waals surface area (Å²) in [4.78, 5) is 28.0. The molecule has 1 fully saturated rings. The molecule has 2 aromatic rings. The quantitative estimate of drug-likeness (QED) is 0.713. The molecule has 1 aliphatic rings. The zero-order valence-electron chi connectivity index (χ0n) is 16.2. The van der Waals surface area contributed by atoms with Crippen molar-refractivity contribution >= 4 is 11.9 Å². The molecule has 1 saturated heterocycles. The normalized spacial score (nSPS) is 14.9. The predicted molar refractivity (Wildman–Crippen MR) is 105 cm³/mol. The fourth-order valence-electron chi connectivity index (χ4n) is 3.39. The standard InChI is InChI=1S/C22H25NO5/c1-26-17-12-9-13-18(27-2)19(17)22(25)28-20(16-10-5-3-6-11-16)21(24)23-14-7-4-8-15-23/h3,5-6,9-13,20H,4,7-8,14-15H2,1-2H3/t20-/m0/s1.